The van der Waals surface area contributed by atoms with Gasteiger partial charge in [-0.3, -0.25) is 4.79 Å². The van der Waals surface area contributed by atoms with Crippen molar-refractivity contribution in [1.29, 1.82) is 0 Å². The van der Waals surface area contributed by atoms with E-state index in [4.69, 9.17) is 18.5 Å². The highest BCUT2D eigenvalue weighted by Crippen LogP contribution is 1.95. The van der Waals surface area contributed by atoms with E-state index in [1.807, 2.05) is 0 Å². The molecule has 0 amide bonds. The number of aromatic nitrogens is 2. The number of halogens is 1. The van der Waals surface area contributed by atoms with E-state index in [9.17, 15) is 4.79 Å². The second kappa shape index (κ2) is 2.19. The predicted octanol–water partition coefficient (Wildman–Crippen LogP) is 0.434. The van der Waals surface area contributed by atoms with E-state index in [0.29, 0.717) is 0 Å². The summed E-state index contributed by atoms with van der Waals surface area (Å²) in [5.74, 6) is 0. The third-order valence-corrected chi connectivity index (χ3v) is 0.823. The second-order valence-electron chi connectivity index (χ2n) is 1.26. The average molecular weight is 150 g/mol. The van der Waals surface area contributed by atoms with Crippen LogP contribution in [0.5, 0.6) is 0 Å². The van der Waals surface area contributed by atoms with Crippen LogP contribution in [0.2, 0.25) is 5.15 Å². The summed E-state index contributed by atoms with van der Waals surface area (Å²) >= 11 is 5.37. The van der Waals surface area contributed by atoms with Gasteiger partial charge in [0.05, 0.1) is 2.74 Å². The molecule has 0 atom stereocenters. The van der Waals surface area contributed by atoms with Crippen LogP contribution < -0.4 is 5.56 Å². The van der Waals surface area contributed by atoms with Crippen LogP contribution in [0, 0.1) is 0 Å². The molecule has 0 saturated heterocycles. The molecule has 1 aromatic rings. The summed E-state index contributed by atoms with van der Waals surface area (Å²) in [5, 5.41) is 2.72. The Bertz CT molecular complexity index is 425. The molecule has 0 radical (unpaired) electrons. The molecular formula is C5H5ClN2O. The summed E-state index contributed by atoms with van der Waals surface area (Å²) in [6.07, 6.45) is 0. The first-order valence-electron chi connectivity index (χ1n) is 4.51. The van der Waals surface area contributed by atoms with E-state index in [2.05, 4.69) is 5.10 Å². The SMILES string of the molecule is [2H]c1c(Cl)nn(C([2H])([2H])[2H])c(=O)c1[2H]. The van der Waals surface area contributed by atoms with Crippen molar-refractivity contribution < 1.29 is 6.85 Å². The Kier molecular flexibility index (Phi) is 0.589. The Morgan fingerprint density at radius 1 is 2.00 bits per heavy atom. The molecule has 0 fully saturated rings. The lowest BCUT2D eigenvalue weighted by molar-refractivity contribution is 0.708. The van der Waals surface area contributed by atoms with E-state index >= 15 is 0 Å². The van der Waals surface area contributed by atoms with Gasteiger partial charge in [0.25, 0.3) is 5.56 Å². The molecule has 0 aliphatic carbocycles. The van der Waals surface area contributed by atoms with Gasteiger partial charge in [-0.15, -0.1) is 0 Å². The number of nitrogens with zero attached hydrogens (tertiary/aromatic N) is 2. The predicted molar refractivity (Wildman–Crippen MR) is 34.5 cm³/mol. The van der Waals surface area contributed by atoms with Crippen LogP contribution in [-0.4, -0.2) is 9.78 Å². The van der Waals surface area contributed by atoms with E-state index in [-0.39, 0.29) is 4.68 Å². The van der Waals surface area contributed by atoms with Crippen molar-refractivity contribution in [3.8, 4) is 0 Å². The molecule has 0 N–H and O–H groups in total. The average Bonchev–Trinajstić information content (AvgIpc) is 2.06. The summed E-state index contributed by atoms with van der Waals surface area (Å²) in [7, 11) is 0. The van der Waals surface area contributed by atoms with Gasteiger partial charge < -0.3 is 0 Å². The number of rotatable bonds is 0. The zero-order chi connectivity index (χ0) is 11.1. The molecule has 1 rings (SSSR count). The minimum Gasteiger partial charge on any atom is -0.268 e. The first-order chi connectivity index (χ1) is 6.25. The zero-order valence-electron chi connectivity index (χ0n) is 9.18. The number of aryl methyl sites for hydroxylation is 1. The summed E-state index contributed by atoms with van der Waals surface area (Å²) in [4.78, 5) is 11.2. The van der Waals surface area contributed by atoms with Crippen molar-refractivity contribution in [3.63, 3.8) is 0 Å². The van der Waals surface area contributed by atoms with E-state index < -0.39 is 29.8 Å². The molecule has 0 bridgehead atoms. The largest absolute Gasteiger partial charge is 0.268 e. The third kappa shape index (κ3) is 1.29. The Morgan fingerprint density at radius 2 is 2.78 bits per heavy atom. The molecule has 0 aliphatic rings. The highest BCUT2D eigenvalue weighted by atomic mass is 35.5. The smallest absolute Gasteiger partial charge is 0.266 e. The van der Waals surface area contributed by atoms with Gasteiger partial charge in [0.1, 0.15) is 5.15 Å². The fourth-order valence-electron chi connectivity index (χ4n) is 0.316. The van der Waals surface area contributed by atoms with Crippen molar-refractivity contribution in [2.75, 3.05) is 0 Å². The first kappa shape index (κ1) is 2.42. The summed E-state index contributed by atoms with van der Waals surface area (Å²) in [6, 6.07) is -1.35. The fraction of sp³-hybridized carbons (Fsp3) is 0.200. The highest BCUT2D eigenvalue weighted by Gasteiger charge is 1.89. The van der Waals surface area contributed by atoms with Crippen LogP contribution in [0.1, 0.15) is 6.85 Å². The fourth-order valence-corrected chi connectivity index (χ4v) is 0.439. The topological polar surface area (TPSA) is 34.9 Å². The van der Waals surface area contributed by atoms with E-state index in [1.165, 1.54) is 0 Å². The van der Waals surface area contributed by atoms with Crippen molar-refractivity contribution in [1.82, 2.24) is 9.78 Å². The molecule has 0 saturated carbocycles. The molecule has 1 aromatic heterocycles. The molecule has 0 aromatic carbocycles. The van der Waals surface area contributed by atoms with Gasteiger partial charge in [-0.05, 0) is 6.04 Å². The van der Waals surface area contributed by atoms with Gasteiger partial charge >= 0.3 is 0 Å². The Labute approximate surface area is 63.9 Å². The van der Waals surface area contributed by atoms with Crippen LogP contribution in [0.15, 0.2) is 16.9 Å². The molecule has 0 unspecified atom stereocenters. The monoisotopic (exact) mass is 149 g/mol. The number of hydrogen-bond donors (Lipinski definition) is 0. The molecule has 0 spiro atoms. The quantitative estimate of drug-likeness (QED) is 0.537. The van der Waals surface area contributed by atoms with Crippen LogP contribution in [0.4, 0.5) is 0 Å². The highest BCUT2D eigenvalue weighted by molar-refractivity contribution is 6.29. The maximum Gasteiger partial charge on any atom is 0.266 e. The zero-order valence-corrected chi connectivity index (χ0v) is 4.94. The Hall–Kier alpha value is -0.830. The van der Waals surface area contributed by atoms with Crippen LogP contribution >= 0.6 is 11.6 Å². The van der Waals surface area contributed by atoms with Gasteiger partial charge in [0.2, 0.25) is 0 Å². The van der Waals surface area contributed by atoms with Crippen LogP contribution in [-0.2, 0) is 6.98 Å². The molecular weight excluding hydrogens is 140 g/mol. The lowest BCUT2D eigenvalue weighted by Crippen LogP contribution is -2.17. The molecule has 4 heteroatoms. The first-order valence-corrected chi connectivity index (χ1v) is 2.39. The maximum atomic E-state index is 11.2. The third-order valence-electron chi connectivity index (χ3n) is 0.653. The molecule has 48 valence electrons. The summed E-state index contributed by atoms with van der Waals surface area (Å²) < 4.78 is 35.1. The lowest BCUT2D eigenvalue weighted by atomic mass is 10.6. The van der Waals surface area contributed by atoms with Crippen molar-refractivity contribution in [2.24, 2.45) is 6.98 Å². The Balaban J connectivity index is 3.58. The Morgan fingerprint density at radius 3 is 3.44 bits per heavy atom. The standard InChI is InChI=1S/C5H5ClN2O/c1-8-5(9)3-2-4(6)7-8/h2-3H,1H3/i1D3,2D,3D. The van der Waals surface area contributed by atoms with Crippen LogP contribution in [0.25, 0.3) is 0 Å². The van der Waals surface area contributed by atoms with Gasteiger partial charge in [-0.25, -0.2) is 4.68 Å². The van der Waals surface area contributed by atoms with Crippen molar-refractivity contribution >= 4 is 11.6 Å². The number of hydrogen-bond acceptors (Lipinski definition) is 2. The molecule has 1 heterocycles. The lowest BCUT2D eigenvalue weighted by Gasteiger charge is -1.91. The minimum absolute atomic E-state index is 0.121. The van der Waals surface area contributed by atoms with Crippen molar-refractivity contribution in [2.45, 2.75) is 0 Å². The second-order valence-corrected chi connectivity index (χ2v) is 1.62. The van der Waals surface area contributed by atoms with Gasteiger partial charge in [0, 0.05) is 17.1 Å². The van der Waals surface area contributed by atoms with Gasteiger partial charge in [-0.1, -0.05) is 11.6 Å². The van der Waals surface area contributed by atoms with Gasteiger partial charge in [-0.2, -0.15) is 5.10 Å². The van der Waals surface area contributed by atoms with E-state index in [1.54, 1.807) is 0 Å². The maximum absolute atomic E-state index is 11.2. The molecule has 0 aliphatic heterocycles. The van der Waals surface area contributed by atoms with Crippen molar-refractivity contribution in [3.05, 3.63) is 27.6 Å². The molecule has 9 heavy (non-hydrogen) atoms. The van der Waals surface area contributed by atoms with Gasteiger partial charge in [0.15, 0.2) is 0 Å². The summed E-state index contributed by atoms with van der Waals surface area (Å²) in [6.45, 7) is -2.79. The van der Waals surface area contributed by atoms with E-state index in [0.717, 1.165) is 0 Å². The summed E-state index contributed by atoms with van der Waals surface area (Å²) in [5.41, 5.74) is -1.15. The normalized spacial score (nSPS) is 19.0. The molecule has 3 nitrogen and oxygen atoms in total. The van der Waals surface area contributed by atoms with Crippen LogP contribution in [0.3, 0.4) is 0 Å². The minimum atomic E-state index is -2.79.